The molecule has 20 heavy (non-hydrogen) atoms. The van der Waals surface area contributed by atoms with Gasteiger partial charge >= 0.3 is 0 Å². The molecule has 0 saturated carbocycles. The van der Waals surface area contributed by atoms with Crippen LogP contribution in [0.1, 0.15) is 31.2 Å². The molecular weight excluding hydrogens is 276 g/mol. The van der Waals surface area contributed by atoms with Gasteiger partial charge in [-0.3, -0.25) is 0 Å². The monoisotopic (exact) mass is 298 g/mol. The minimum Gasteiger partial charge on any atom is -0.399 e. The summed E-state index contributed by atoms with van der Waals surface area (Å²) in [4.78, 5) is 0. The Labute approximate surface area is 120 Å². The Bertz CT molecular complexity index is 508. The maximum absolute atomic E-state index is 11.9. The number of anilines is 1. The minimum atomic E-state index is -3.29. The van der Waals surface area contributed by atoms with Crippen LogP contribution < -0.4 is 10.5 Å². The van der Waals surface area contributed by atoms with Crippen LogP contribution in [0.5, 0.6) is 0 Å². The first-order valence-electron chi connectivity index (χ1n) is 6.98. The smallest absolute Gasteiger partial charge is 0.215 e. The molecule has 1 atom stereocenters. The molecule has 6 heteroatoms. The molecule has 1 aromatic carbocycles. The van der Waals surface area contributed by atoms with E-state index < -0.39 is 10.0 Å². The predicted octanol–water partition coefficient (Wildman–Crippen LogP) is 1.65. The van der Waals surface area contributed by atoms with E-state index in [4.69, 9.17) is 10.5 Å². The van der Waals surface area contributed by atoms with Crippen molar-refractivity contribution in [3.05, 3.63) is 29.8 Å². The third-order valence-corrected chi connectivity index (χ3v) is 4.76. The Morgan fingerprint density at radius 1 is 1.25 bits per heavy atom. The molecule has 1 unspecified atom stereocenters. The third-order valence-electron chi connectivity index (χ3n) is 3.40. The van der Waals surface area contributed by atoms with Crippen LogP contribution in [0.3, 0.4) is 0 Å². The van der Waals surface area contributed by atoms with E-state index in [9.17, 15) is 8.42 Å². The van der Waals surface area contributed by atoms with E-state index in [2.05, 4.69) is 4.72 Å². The quantitative estimate of drug-likeness (QED) is 0.782. The number of rotatable bonds is 6. The molecule has 0 amide bonds. The van der Waals surface area contributed by atoms with Crippen molar-refractivity contribution in [2.24, 2.45) is 0 Å². The van der Waals surface area contributed by atoms with Crippen LogP contribution in [0.2, 0.25) is 0 Å². The Morgan fingerprint density at radius 3 is 2.65 bits per heavy atom. The summed E-state index contributed by atoms with van der Waals surface area (Å²) in [6.45, 7) is 1.23. The molecule has 2 rings (SSSR count). The number of nitrogen functional groups attached to an aromatic ring is 1. The number of nitrogens with one attached hydrogen (secondary N) is 1. The lowest BCUT2D eigenvalue weighted by Crippen LogP contribution is -2.30. The van der Waals surface area contributed by atoms with Crippen LogP contribution in [0.25, 0.3) is 0 Å². The van der Waals surface area contributed by atoms with Gasteiger partial charge in [0, 0.05) is 18.8 Å². The molecule has 1 aliphatic heterocycles. The summed E-state index contributed by atoms with van der Waals surface area (Å²) >= 11 is 0. The van der Waals surface area contributed by atoms with Crippen molar-refractivity contribution in [2.45, 2.75) is 37.5 Å². The van der Waals surface area contributed by atoms with Gasteiger partial charge in [-0.15, -0.1) is 0 Å². The Hall–Kier alpha value is -1.11. The summed E-state index contributed by atoms with van der Waals surface area (Å²) in [5, 5.41) is 0. The number of hydrogen-bond donors (Lipinski definition) is 2. The van der Waals surface area contributed by atoms with Gasteiger partial charge in [0.1, 0.15) is 0 Å². The molecular formula is C14H22N2O3S. The predicted molar refractivity (Wildman–Crippen MR) is 79.7 cm³/mol. The topological polar surface area (TPSA) is 81.4 Å². The molecule has 1 saturated heterocycles. The zero-order valence-electron chi connectivity index (χ0n) is 11.5. The van der Waals surface area contributed by atoms with Gasteiger partial charge in [-0.25, -0.2) is 13.1 Å². The highest BCUT2D eigenvalue weighted by atomic mass is 32.2. The van der Waals surface area contributed by atoms with Crippen LogP contribution in [0, 0.1) is 0 Å². The number of hydrogen-bond acceptors (Lipinski definition) is 4. The van der Waals surface area contributed by atoms with Crippen molar-refractivity contribution in [1.82, 2.24) is 4.72 Å². The van der Waals surface area contributed by atoms with Gasteiger partial charge in [0.15, 0.2) is 0 Å². The highest BCUT2D eigenvalue weighted by Crippen LogP contribution is 2.15. The molecule has 5 nitrogen and oxygen atoms in total. The molecule has 112 valence electrons. The number of benzene rings is 1. The van der Waals surface area contributed by atoms with E-state index in [1.807, 2.05) is 0 Å². The largest absolute Gasteiger partial charge is 0.399 e. The summed E-state index contributed by atoms with van der Waals surface area (Å²) in [7, 11) is -3.29. The molecule has 0 bridgehead atoms. The first-order chi connectivity index (χ1) is 9.55. The van der Waals surface area contributed by atoms with Crippen molar-refractivity contribution in [1.29, 1.82) is 0 Å². The van der Waals surface area contributed by atoms with Crippen molar-refractivity contribution in [3.8, 4) is 0 Å². The van der Waals surface area contributed by atoms with E-state index >= 15 is 0 Å². The standard InChI is InChI=1S/C14H22N2O3S/c15-13-6-4-12(5-7-13)11-20(17,18)16-9-8-14-3-1-2-10-19-14/h4-7,14,16H,1-3,8-11,15H2. The van der Waals surface area contributed by atoms with Crippen molar-refractivity contribution < 1.29 is 13.2 Å². The molecule has 0 aromatic heterocycles. The maximum atomic E-state index is 11.9. The highest BCUT2D eigenvalue weighted by Gasteiger charge is 2.16. The average molecular weight is 298 g/mol. The summed E-state index contributed by atoms with van der Waals surface area (Å²) in [5.74, 6) is -0.0151. The Kier molecular flexibility index (Phi) is 5.39. The lowest BCUT2D eigenvalue weighted by molar-refractivity contribution is 0.0123. The average Bonchev–Trinajstić information content (AvgIpc) is 2.42. The molecule has 1 aromatic rings. The van der Waals surface area contributed by atoms with Crippen LogP contribution in [-0.4, -0.2) is 27.7 Å². The molecule has 1 fully saturated rings. The second-order valence-corrected chi connectivity index (χ2v) is 6.98. The molecule has 0 radical (unpaired) electrons. The number of nitrogens with two attached hydrogens (primary N) is 1. The third kappa shape index (κ3) is 5.11. The van der Waals surface area contributed by atoms with Gasteiger partial charge in [-0.05, 0) is 43.4 Å². The number of sulfonamides is 1. The molecule has 0 aliphatic carbocycles. The fourth-order valence-electron chi connectivity index (χ4n) is 2.29. The van der Waals surface area contributed by atoms with Gasteiger partial charge < -0.3 is 10.5 Å². The van der Waals surface area contributed by atoms with Gasteiger partial charge in [-0.1, -0.05) is 12.1 Å². The molecule has 1 aliphatic rings. The van der Waals surface area contributed by atoms with Crippen LogP contribution in [0.15, 0.2) is 24.3 Å². The molecule has 3 N–H and O–H groups in total. The summed E-state index contributed by atoms with van der Waals surface area (Å²) in [5.41, 5.74) is 6.94. The highest BCUT2D eigenvalue weighted by molar-refractivity contribution is 7.88. The van der Waals surface area contributed by atoms with Gasteiger partial charge in [-0.2, -0.15) is 0 Å². The van der Waals surface area contributed by atoms with E-state index in [1.165, 1.54) is 6.42 Å². The van der Waals surface area contributed by atoms with Crippen LogP contribution >= 0.6 is 0 Å². The summed E-state index contributed by atoms with van der Waals surface area (Å²) in [6.07, 6.45) is 4.24. The Morgan fingerprint density at radius 2 is 2.00 bits per heavy atom. The van der Waals surface area contributed by atoms with Gasteiger partial charge in [0.05, 0.1) is 11.9 Å². The van der Waals surface area contributed by atoms with E-state index in [0.717, 1.165) is 31.4 Å². The lowest BCUT2D eigenvalue weighted by Gasteiger charge is -2.22. The van der Waals surface area contributed by atoms with E-state index in [0.29, 0.717) is 12.2 Å². The Balaban J connectivity index is 1.77. The zero-order chi connectivity index (χ0) is 14.4. The molecule has 0 spiro atoms. The van der Waals surface area contributed by atoms with Crippen molar-refractivity contribution >= 4 is 15.7 Å². The van der Waals surface area contributed by atoms with Gasteiger partial charge in [0.2, 0.25) is 10.0 Å². The van der Waals surface area contributed by atoms with Crippen LogP contribution in [0.4, 0.5) is 5.69 Å². The summed E-state index contributed by atoms with van der Waals surface area (Å²) in [6, 6.07) is 6.89. The normalized spacial score (nSPS) is 19.9. The number of ether oxygens (including phenoxy) is 1. The zero-order valence-corrected chi connectivity index (χ0v) is 12.4. The SMILES string of the molecule is Nc1ccc(CS(=O)(=O)NCCC2CCCCO2)cc1. The minimum absolute atomic E-state index is 0.0151. The van der Waals surface area contributed by atoms with Crippen molar-refractivity contribution in [3.63, 3.8) is 0 Å². The van der Waals surface area contributed by atoms with Gasteiger partial charge in [0.25, 0.3) is 0 Å². The lowest BCUT2D eigenvalue weighted by atomic mass is 10.1. The van der Waals surface area contributed by atoms with Crippen molar-refractivity contribution in [2.75, 3.05) is 18.9 Å². The fourth-order valence-corrected chi connectivity index (χ4v) is 3.46. The summed E-state index contributed by atoms with van der Waals surface area (Å²) < 4.78 is 32.1. The second-order valence-electron chi connectivity index (χ2n) is 5.17. The second kappa shape index (κ2) is 7.06. The molecule has 1 heterocycles. The van der Waals surface area contributed by atoms with E-state index in [-0.39, 0.29) is 11.9 Å². The first-order valence-corrected chi connectivity index (χ1v) is 8.64. The van der Waals surface area contributed by atoms with Crippen LogP contribution in [-0.2, 0) is 20.5 Å². The van der Waals surface area contributed by atoms with E-state index in [1.54, 1.807) is 24.3 Å². The first kappa shape index (κ1) is 15.3. The fraction of sp³-hybridized carbons (Fsp3) is 0.571. The maximum Gasteiger partial charge on any atom is 0.215 e.